The molecule has 1 aromatic heterocycles. The zero-order chi connectivity index (χ0) is 32.7. The highest BCUT2D eigenvalue weighted by molar-refractivity contribution is 7.94. The summed E-state index contributed by atoms with van der Waals surface area (Å²) in [5, 5.41) is 3.55. The Morgan fingerprint density at radius 1 is 1.00 bits per heavy atom. The summed E-state index contributed by atoms with van der Waals surface area (Å²) in [5.41, 5.74) is 0.625. The molecule has 5 rings (SSSR count). The minimum Gasteiger partial charge on any atom is -0.493 e. The van der Waals surface area contributed by atoms with Crippen molar-refractivity contribution in [1.29, 1.82) is 0 Å². The maximum absolute atomic E-state index is 15.1. The van der Waals surface area contributed by atoms with E-state index >= 15 is 4.39 Å². The number of rotatable bonds is 12. The minimum absolute atomic E-state index is 0.0562. The predicted octanol–water partition coefficient (Wildman–Crippen LogP) is 6.74. The fraction of sp³-hybridized carbons (Fsp3) is 0.294. The highest BCUT2D eigenvalue weighted by Crippen LogP contribution is 2.38. The van der Waals surface area contributed by atoms with E-state index in [1.165, 1.54) is 44.2 Å². The Kier molecular flexibility index (Phi) is 10.5. The number of carbonyl (C=O) groups is 1. The van der Waals surface area contributed by atoms with Crippen molar-refractivity contribution in [3.8, 4) is 23.0 Å². The maximum atomic E-state index is 15.1. The molecule has 1 saturated heterocycles. The molecule has 0 spiro atoms. The Morgan fingerprint density at radius 3 is 2.52 bits per heavy atom. The number of nitrogens with one attached hydrogen (secondary N) is 1. The molecule has 1 fully saturated rings. The summed E-state index contributed by atoms with van der Waals surface area (Å²) in [7, 11) is -2.66. The van der Waals surface area contributed by atoms with E-state index in [0.717, 1.165) is 56.2 Å². The van der Waals surface area contributed by atoms with Gasteiger partial charge in [-0.15, -0.1) is 0 Å². The molecule has 4 aromatic rings. The molecule has 1 amide bonds. The Balaban J connectivity index is 1.23. The normalized spacial score (nSPS) is 14.4. The number of likely N-dealkylation sites (tertiary alicyclic amines) is 1. The van der Waals surface area contributed by atoms with Crippen molar-refractivity contribution in [3.05, 3.63) is 90.0 Å². The number of fused-ring (bicyclic) bond motifs is 1. The molecule has 0 radical (unpaired) electrons. The summed E-state index contributed by atoms with van der Waals surface area (Å²) >= 11 is 0. The summed E-state index contributed by atoms with van der Waals surface area (Å²) in [6.45, 7) is 6.03. The van der Waals surface area contributed by atoms with Crippen LogP contribution in [0.5, 0.6) is 23.0 Å². The predicted molar refractivity (Wildman–Crippen MR) is 171 cm³/mol. The zero-order valence-electron chi connectivity index (χ0n) is 25.5. The molecule has 9 nitrogen and oxygen atoms in total. The Morgan fingerprint density at radius 2 is 1.78 bits per heavy atom. The first-order valence-electron chi connectivity index (χ1n) is 14.9. The first-order chi connectivity index (χ1) is 22.1. The molecule has 1 aliphatic heterocycles. The third-order valence-electron chi connectivity index (χ3n) is 7.70. The lowest BCUT2D eigenvalue weighted by molar-refractivity contribution is -0.111. The zero-order valence-corrected chi connectivity index (χ0v) is 26.4. The van der Waals surface area contributed by atoms with Gasteiger partial charge in [-0.3, -0.25) is 9.78 Å². The topological polar surface area (TPSA) is 107 Å². The smallest absolute Gasteiger partial charge is 0.249 e. The number of anilines is 1. The fourth-order valence-electron chi connectivity index (χ4n) is 5.11. The van der Waals surface area contributed by atoms with E-state index in [4.69, 9.17) is 14.2 Å². The van der Waals surface area contributed by atoms with Gasteiger partial charge in [0, 0.05) is 47.4 Å². The molecule has 0 bridgehead atoms. The molecule has 242 valence electrons. The number of pyridine rings is 1. The van der Waals surface area contributed by atoms with Gasteiger partial charge in [0.05, 0.1) is 19.2 Å². The highest BCUT2D eigenvalue weighted by Gasteiger charge is 2.18. The standard InChI is InChI=1S/C34H35F2N3O6S/c1-23-11-16-39(17-12-23)15-5-18-44-32-22-28-25(21-31(32)43-2)29(10-14-37-28)45-30-9-8-24(20-27(30)36)38-34(40)13-19-46(41,42)33-7-4-3-6-26(33)35/h3-4,6-10,13-14,19-23H,5,11-12,15-18H2,1-2H3,(H,38,40)/b19-13+. The van der Waals surface area contributed by atoms with Crippen molar-refractivity contribution in [2.45, 2.75) is 31.1 Å². The molecule has 0 atom stereocenters. The van der Waals surface area contributed by atoms with E-state index < -0.39 is 32.3 Å². The number of benzene rings is 3. The van der Waals surface area contributed by atoms with Crippen molar-refractivity contribution in [2.24, 2.45) is 5.92 Å². The second kappa shape index (κ2) is 14.7. The van der Waals surface area contributed by atoms with Gasteiger partial charge in [-0.1, -0.05) is 19.1 Å². The largest absolute Gasteiger partial charge is 0.493 e. The second-order valence-electron chi connectivity index (χ2n) is 11.1. The fourth-order valence-corrected chi connectivity index (χ4v) is 6.17. The Bertz CT molecular complexity index is 1840. The monoisotopic (exact) mass is 651 g/mol. The SMILES string of the molecule is COc1cc2c(Oc3ccc(NC(=O)/C=C/S(=O)(=O)c4ccccc4F)cc3F)ccnc2cc1OCCCN1CCC(C)CC1. The molecule has 0 aliphatic carbocycles. The van der Waals surface area contributed by atoms with Crippen LogP contribution in [0.25, 0.3) is 10.9 Å². The molecule has 46 heavy (non-hydrogen) atoms. The van der Waals surface area contributed by atoms with Gasteiger partial charge in [0.25, 0.3) is 0 Å². The maximum Gasteiger partial charge on any atom is 0.249 e. The molecule has 12 heteroatoms. The first-order valence-corrected chi connectivity index (χ1v) is 16.5. The number of sulfone groups is 1. The van der Waals surface area contributed by atoms with Gasteiger partial charge in [0.15, 0.2) is 23.1 Å². The number of methoxy groups -OCH3 is 1. The van der Waals surface area contributed by atoms with E-state index in [2.05, 4.69) is 22.1 Å². The molecule has 2 heterocycles. The lowest BCUT2D eigenvalue weighted by atomic mass is 9.99. The van der Waals surface area contributed by atoms with Gasteiger partial charge < -0.3 is 24.4 Å². The summed E-state index contributed by atoms with van der Waals surface area (Å²) in [6, 6.07) is 13.7. The van der Waals surface area contributed by atoms with Crippen LogP contribution in [0.15, 0.2) is 83.2 Å². The number of hydrogen-bond donors (Lipinski definition) is 1. The highest BCUT2D eigenvalue weighted by atomic mass is 32.2. The number of aromatic nitrogens is 1. The number of hydrogen-bond acceptors (Lipinski definition) is 8. The van der Waals surface area contributed by atoms with E-state index in [1.807, 2.05) is 0 Å². The third kappa shape index (κ3) is 8.18. The lowest BCUT2D eigenvalue weighted by Gasteiger charge is -2.30. The summed E-state index contributed by atoms with van der Waals surface area (Å²) in [4.78, 5) is 18.6. The summed E-state index contributed by atoms with van der Waals surface area (Å²) in [5.74, 6) is -0.527. The van der Waals surface area contributed by atoms with Gasteiger partial charge in [-0.05, 0) is 74.7 Å². The van der Waals surface area contributed by atoms with Crippen LogP contribution >= 0.6 is 0 Å². The number of amides is 1. The first kappa shape index (κ1) is 32.8. The molecule has 0 saturated carbocycles. The van der Waals surface area contributed by atoms with E-state index in [0.29, 0.717) is 40.2 Å². The van der Waals surface area contributed by atoms with Crippen molar-refractivity contribution in [1.82, 2.24) is 9.88 Å². The van der Waals surface area contributed by atoms with Crippen LogP contribution in [0.1, 0.15) is 26.2 Å². The van der Waals surface area contributed by atoms with Crippen LogP contribution in [0.3, 0.4) is 0 Å². The van der Waals surface area contributed by atoms with Crippen molar-refractivity contribution < 1.29 is 36.2 Å². The van der Waals surface area contributed by atoms with Crippen LogP contribution in [0.2, 0.25) is 0 Å². The minimum atomic E-state index is -4.20. The number of piperidine rings is 1. The van der Waals surface area contributed by atoms with Gasteiger partial charge in [0.1, 0.15) is 16.5 Å². The van der Waals surface area contributed by atoms with E-state index in [-0.39, 0.29) is 11.4 Å². The van der Waals surface area contributed by atoms with Gasteiger partial charge in [0.2, 0.25) is 15.7 Å². The quantitative estimate of drug-likeness (QED) is 0.133. The van der Waals surface area contributed by atoms with E-state index in [1.54, 1.807) is 24.4 Å². The van der Waals surface area contributed by atoms with Crippen molar-refractivity contribution in [3.63, 3.8) is 0 Å². The number of halogens is 2. The summed E-state index contributed by atoms with van der Waals surface area (Å²) < 4.78 is 71.2. The Labute approximate surface area is 266 Å². The summed E-state index contributed by atoms with van der Waals surface area (Å²) in [6.07, 6.45) is 5.61. The number of ether oxygens (including phenoxy) is 3. The average molecular weight is 652 g/mol. The number of nitrogens with zero attached hydrogens (tertiary/aromatic N) is 2. The van der Waals surface area contributed by atoms with Crippen LogP contribution in [0.4, 0.5) is 14.5 Å². The van der Waals surface area contributed by atoms with Crippen molar-refractivity contribution >= 4 is 32.3 Å². The van der Waals surface area contributed by atoms with Gasteiger partial charge in [-0.25, -0.2) is 17.2 Å². The molecule has 1 aliphatic rings. The Hall–Kier alpha value is -4.55. The number of carbonyl (C=O) groups excluding carboxylic acids is 1. The van der Waals surface area contributed by atoms with Crippen LogP contribution in [-0.2, 0) is 14.6 Å². The van der Waals surface area contributed by atoms with E-state index in [9.17, 15) is 17.6 Å². The van der Waals surface area contributed by atoms with Crippen LogP contribution in [0, 0.1) is 17.6 Å². The molecular formula is C34H35F2N3O6S. The van der Waals surface area contributed by atoms with Crippen LogP contribution in [-0.4, -0.2) is 57.6 Å². The average Bonchev–Trinajstić information content (AvgIpc) is 3.04. The van der Waals surface area contributed by atoms with Crippen molar-refractivity contribution in [2.75, 3.05) is 38.7 Å². The molecule has 0 unspecified atom stereocenters. The van der Waals surface area contributed by atoms with Gasteiger partial charge in [-0.2, -0.15) is 0 Å². The third-order valence-corrected chi connectivity index (χ3v) is 9.14. The van der Waals surface area contributed by atoms with Crippen LogP contribution < -0.4 is 19.5 Å². The van der Waals surface area contributed by atoms with Gasteiger partial charge >= 0.3 is 0 Å². The molecule has 3 aromatic carbocycles. The molecule has 1 N–H and O–H groups in total. The second-order valence-corrected chi connectivity index (χ2v) is 12.9. The molecular weight excluding hydrogens is 616 g/mol. The lowest BCUT2D eigenvalue weighted by Crippen LogP contribution is -2.34.